The normalized spacial score (nSPS) is 31.0. The highest BCUT2D eigenvalue weighted by molar-refractivity contribution is 5.78. The molecule has 2 amide bonds. The second-order valence-corrected chi connectivity index (χ2v) is 6.75. The lowest BCUT2D eigenvalue weighted by molar-refractivity contribution is -0.151. The van der Waals surface area contributed by atoms with Crippen LogP contribution >= 0.6 is 0 Å². The van der Waals surface area contributed by atoms with Crippen molar-refractivity contribution in [2.75, 3.05) is 19.6 Å². The molecule has 2 aliphatic rings. The fraction of sp³-hybridized carbons (Fsp3) is 0.867. The van der Waals surface area contributed by atoms with Gasteiger partial charge in [0.1, 0.15) is 0 Å². The van der Waals surface area contributed by atoms with Crippen LogP contribution in [-0.4, -0.2) is 47.7 Å². The summed E-state index contributed by atoms with van der Waals surface area (Å²) >= 11 is 0. The molecule has 1 aliphatic carbocycles. The van der Waals surface area contributed by atoms with E-state index in [4.69, 9.17) is 5.73 Å². The Morgan fingerprint density at radius 1 is 1.24 bits per heavy atom. The number of nitrogens with one attached hydrogen (secondary N) is 1. The van der Waals surface area contributed by atoms with Crippen LogP contribution in [0.1, 0.15) is 45.4 Å². The maximum absolute atomic E-state index is 12.2. The Labute approximate surface area is 126 Å². The van der Waals surface area contributed by atoms with Crippen molar-refractivity contribution < 1.29 is 14.7 Å². The Bertz CT molecular complexity index is 384. The van der Waals surface area contributed by atoms with Crippen molar-refractivity contribution in [2.24, 2.45) is 17.1 Å². The summed E-state index contributed by atoms with van der Waals surface area (Å²) in [5.41, 5.74) is 5.04. The highest BCUT2D eigenvalue weighted by Gasteiger charge is 2.41. The number of piperidine rings is 1. The standard InChI is InChI=1S/C15H27N3O3/c1-11-2-6-15(7-3-11,13(19)20)10-17-14(21)18-8-4-12(16)5-9-18/h11-12H,2-10,16H2,1H3,(H,17,21)(H,19,20). The van der Waals surface area contributed by atoms with Gasteiger partial charge in [-0.15, -0.1) is 0 Å². The lowest BCUT2D eigenvalue weighted by Crippen LogP contribution is -2.51. The fourth-order valence-electron chi connectivity index (χ4n) is 3.24. The minimum Gasteiger partial charge on any atom is -0.481 e. The summed E-state index contributed by atoms with van der Waals surface area (Å²) in [5.74, 6) is -0.202. The molecule has 1 aliphatic heterocycles. The molecule has 1 saturated carbocycles. The molecule has 6 heteroatoms. The van der Waals surface area contributed by atoms with E-state index in [2.05, 4.69) is 12.2 Å². The summed E-state index contributed by atoms with van der Waals surface area (Å²) < 4.78 is 0. The third-order valence-corrected chi connectivity index (χ3v) is 5.09. The molecule has 0 radical (unpaired) electrons. The van der Waals surface area contributed by atoms with Crippen molar-refractivity contribution in [1.29, 1.82) is 0 Å². The number of aliphatic carboxylic acids is 1. The van der Waals surface area contributed by atoms with E-state index in [0.717, 1.165) is 25.7 Å². The number of carbonyl (C=O) groups is 2. The molecule has 2 fully saturated rings. The molecule has 0 unspecified atom stereocenters. The third-order valence-electron chi connectivity index (χ3n) is 5.09. The van der Waals surface area contributed by atoms with Crippen LogP contribution < -0.4 is 11.1 Å². The number of hydrogen-bond donors (Lipinski definition) is 3. The number of urea groups is 1. The molecule has 0 aromatic carbocycles. The lowest BCUT2D eigenvalue weighted by Gasteiger charge is -2.37. The lowest BCUT2D eigenvalue weighted by atomic mass is 9.71. The van der Waals surface area contributed by atoms with E-state index in [1.165, 1.54) is 0 Å². The predicted octanol–water partition coefficient (Wildman–Crippen LogP) is 1.40. The van der Waals surface area contributed by atoms with Crippen LogP contribution in [0.4, 0.5) is 4.79 Å². The van der Waals surface area contributed by atoms with Gasteiger partial charge in [0.2, 0.25) is 0 Å². The minimum absolute atomic E-state index is 0.152. The second kappa shape index (κ2) is 6.64. The van der Waals surface area contributed by atoms with Crippen LogP contribution in [-0.2, 0) is 4.79 Å². The number of carboxylic acids is 1. The van der Waals surface area contributed by atoms with Crippen LogP contribution in [0.3, 0.4) is 0 Å². The van der Waals surface area contributed by atoms with E-state index in [9.17, 15) is 14.7 Å². The summed E-state index contributed by atoms with van der Waals surface area (Å²) in [6.45, 7) is 3.70. The largest absolute Gasteiger partial charge is 0.481 e. The molecule has 0 aromatic heterocycles. The number of nitrogens with zero attached hydrogens (tertiary/aromatic N) is 1. The zero-order valence-corrected chi connectivity index (χ0v) is 12.8. The summed E-state index contributed by atoms with van der Waals surface area (Å²) in [4.78, 5) is 25.5. The number of carboxylic acid groups (broad SMARTS) is 1. The van der Waals surface area contributed by atoms with E-state index in [1.807, 2.05) is 0 Å². The van der Waals surface area contributed by atoms with Crippen LogP contribution in [0.15, 0.2) is 0 Å². The number of carbonyl (C=O) groups excluding carboxylic acids is 1. The number of rotatable bonds is 3. The molecule has 0 spiro atoms. The quantitative estimate of drug-likeness (QED) is 0.733. The van der Waals surface area contributed by atoms with Gasteiger partial charge in [0.15, 0.2) is 0 Å². The smallest absolute Gasteiger partial charge is 0.317 e. The Kier molecular flexibility index (Phi) is 5.08. The molecule has 6 nitrogen and oxygen atoms in total. The molecule has 1 saturated heterocycles. The first-order valence-electron chi connectivity index (χ1n) is 7.95. The van der Waals surface area contributed by atoms with E-state index in [-0.39, 0.29) is 18.6 Å². The van der Waals surface area contributed by atoms with Crippen LogP contribution in [0.5, 0.6) is 0 Å². The number of amides is 2. The van der Waals surface area contributed by atoms with Crippen LogP contribution in [0.2, 0.25) is 0 Å². The fourth-order valence-corrected chi connectivity index (χ4v) is 3.24. The third kappa shape index (κ3) is 3.87. The molecule has 0 aromatic rings. The van der Waals surface area contributed by atoms with Crippen molar-refractivity contribution in [3.05, 3.63) is 0 Å². The highest BCUT2D eigenvalue weighted by atomic mass is 16.4. The second-order valence-electron chi connectivity index (χ2n) is 6.75. The van der Waals surface area contributed by atoms with Crippen molar-refractivity contribution in [3.8, 4) is 0 Å². The Balaban J connectivity index is 1.87. The molecule has 0 atom stereocenters. The number of hydrogen-bond acceptors (Lipinski definition) is 3. The van der Waals surface area contributed by atoms with Crippen molar-refractivity contribution >= 4 is 12.0 Å². The minimum atomic E-state index is -0.783. The van der Waals surface area contributed by atoms with Crippen molar-refractivity contribution in [2.45, 2.75) is 51.5 Å². The molecule has 21 heavy (non-hydrogen) atoms. The van der Waals surface area contributed by atoms with Gasteiger partial charge in [0.25, 0.3) is 0 Å². The molecule has 0 bridgehead atoms. The van der Waals surface area contributed by atoms with E-state index < -0.39 is 11.4 Å². The van der Waals surface area contributed by atoms with Gasteiger partial charge in [-0.25, -0.2) is 4.79 Å². The maximum atomic E-state index is 12.2. The molecule has 120 valence electrons. The van der Waals surface area contributed by atoms with Crippen molar-refractivity contribution in [1.82, 2.24) is 10.2 Å². The first-order chi connectivity index (χ1) is 9.93. The molecular formula is C15H27N3O3. The monoisotopic (exact) mass is 297 g/mol. The van der Waals surface area contributed by atoms with Gasteiger partial charge in [-0.05, 0) is 44.4 Å². The van der Waals surface area contributed by atoms with Gasteiger partial charge in [-0.2, -0.15) is 0 Å². The van der Waals surface area contributed by atoms with Gasteiger partial charge in [-0.1, -0.05) is 6.92 Å². The highest BCUT2D eigenvalue weighted by Crippen LogP contribution is 2.38. The first-order valence-corrected chi connectivity index (χ1v) is 7.95. The summed E-state index contributed by atoms with van der Waals surface area (Å²) in [7, 11) is 0. The van der Waals surface area contributed by atoms with Gasteiger partial charge < -0.3 is 21.1 Å². The summed E-state index contributed by atoms with van der Waals surface area (Å²) in [6, 6.07) is 0.0281. The zero-order valence-electron chi connectivity index (χ0n) is 12.8. The van der Waals surface area contributed by atoms with E-state index in [0.29, 0.717) is 31.8 Å². The Hall–Kier alpha value is -1.30. The molecule has 4 N–H and O–H groups in total. The SMILES string of the molecule is CC1CCC(CNC(=O)N2CCC(N)CC2)(C(=O)O)CC1. The van der Waals surface area contributed by atoms with Gasteiger partial charge in [0, 0.05) is 25.7 Å². The zero-order chi connectivity index (χ0) is 15.5. The number of likely N-dealkylation sites (tertiary alicyclic amines) is 1. The van der Waals surface area contributed by atoms with Gasteiger partial charge in [-0.3, -0.25) is 4.79 Å². The topological polar surface area (TPSA) is 95.7 Å². The van der Waals surface area contributed by atoms with E-state index >= 15 is 0 Å². The van der Waals surface area contributed by atoms with Gasteiger partial charge >= 0.3 is 12.0 Å². The molecule has 2 rings (SSSR count). The van der Waals surface area contributed by atoms with E-state index in [1.54, 1.807) is 4.90 Å². The van der Waals surface area contributed by atoms with Crippen LogP contribution in [0, 0.1) is 11.3 Å². The maximum Gasteiger partial charge on any atom is 0.317 e. The van der Waals surface area contributed by atoms with Crippen molar-refractivity contribution in [3.63, 3.8) is 0 Å². The Morgan fingerprint density at radius 2 is 1.81 bits per heavy atom. The first kappa shape index (κ1) is 16.1. The van der Waals surface area contributed by atoms with Gasteiger partial charge in [0.05, 0.1) is 5.41 Å². The summed E-state index contributed by atoms with van der Waals surface area (Å²) in [5, 5.41) is 12.4. The molecular weight excluding hydrogens is 270 g/mol. The average Bonchev–Trinajstić information content (AvgIpc) is 2.47. The average molecular weight is 297 g/mol. The predicted molar refractivity (Wildman–Crippen MR) is 79.9 cm³/mol. The number of nitrogens with two attached hydrogens (primary N) is 1. The molecule has 1 heterocycles. The summed E-state index contributed by atoms with van der Waals surface area (Å²) in [6.07, 6.45) is 4.76. The Morgan fingerprint density at radius 3 is 2.33 bits per heavy atom. The van der Waals surface area contributed by atoms with Crippen LogP contribution in [0.25, 0.3) is 0 Å².